The standard InChI is InChI=1S/C27H24F3N3O5S/c28-27(29,30)21-4-2-6-23(18-21)32-26(35)20-3-1-5-22(17-20)31-25(34)12-9-19-7-10-24(11-8-19)39(36,37)33-13-15-38-16-14-33/h1-12,17-18H,13-16H2,(H,31,34)(H,32,35)/b12-9+. The van der Waals surface area contributed by atoms with Crippen LogP contribution in [0, 0.1) is 0 Å². The van der Waals surface area contributed by atoms with E-state index >= 15 is 0 Å². The van der Waals surface area contributed by atoms with Crippen LogP contribution in [-0.4, -0.2) is 50.8 Å². The summed E-state index contributed by atoms with van der Waals surface area (Å²) in [5.74, 6) is -1.15. The van der Waals surface area contributed by atoms with Gasteiger partial charge in [0.1, 0.15) is 0 Å². The summed E-state index contributed by atoms with van der Waals surface area (Å²) in [6.07, 6.45) is -1.79. The third kappa shape index (κ3) is 7.31. The van der Waals surface area contributed by atoms with Gasteiger partial charge in [0.25, 0.3) is 5.91 Å². The fourth-order valence-electron chi connectivity index (χ4n) is 3.76. The SMILES string of the molecule is O=C(/C=C/c1ccc(S(=O)(=O)N2CCOCC2)cc1)Nc1cccc(C(=O)Nc2cccc(C(F)(F)F)c2)c1. The van der Waals surface area contributed by atoms with E-state index in [1.165, 1.54) is 58.9 Å². The molecule has 1 saturated heterocycles. The van der Waals surface area contributed by atoms with E-state index in [1.54, 1.807) is 18.2 Å². The number of ether oxygens (including phenoxy) is 1. The molecule has 12 heteroatoms. The summed E-state index contributed by atoms with van der Waals surface area (Å²) in [4.78, 5) is 25.1. The van der Waals surface area contributed by atoms with E-state index in [2.05, 4.69) is 10.6 Å². The number of amides is 2. The van der Waals surface area contributed by atoms with E-state index < -0.39 is 33.6 Å². The molecule has 1 heterocycles. The molecular weight excluding hydrogens is 535 g/mol. The van der Waals surface area contributed by atoms with Crippen LogP contribution in [0.25, 0.3) is 6.08 Å². The van der Waals surface area contributed by atoms with Crippen molar-refractivity contribution in [3.63, 3.8) is 0 Å². The molecule has 0 aliphatic carbocycles. The summed E-state index contributed by atoms with van der Waals surface area (Å²) in [6.45, 7) is 1.27. The Hall–Kier alpha value is -4.00. The molecule has 3 aromatic rings. The van der Waals surface area contributed by atoms with Crippen LogP contribution in [0.4, 0.5) is 24.5 Å². The highest BCUT2D eigenvalue weighted by Gasteiger charge is 2.30. The highest BCUT2D eigenvalue weighted by Crippen LogP contribution is 2.30. The molecule has 2 N–H and O–H groups in total. The van der Waals surface area contributed by atoms with E-state index in [1.807, 2.05) is 0 Å². The van der Waals surface area contributed by atoms with E-state index in [-0.39, 0.29) is 29.2 Å². The Morgan fingerprint density at radius 3 is 2.18 bits per heavy atom. The van der Waals surface area contributed by atoms with Crippen molar-refractivity contribution in [2.24, 2.45) is 0 Å². The van der Waals surface area contributed by atoms with Gasteiger partial charge in [0.15, 0.2) is 0 Å². The molecule has 1 aliphatic heterocycles. The molecule has 204 valence electrons. The first-order valence-electron chi connectivity index (χ1n) is 11.8. The van der Waals surface area contributed by atoms with Crippen molar-refractivity contribution in [1.29, 1.82) is 0 Å². The number of nitrogens with zero attached hydrogens (tertiary/aromatic N) is 1. The first kappa shape index (κ1) is 28.0. The van der Waals surface area contributed by atoms with Crippen LogP contribution in [0.5, 0.6) is 0 Å². The molecule has 0 saturated carbocycles. The smallest absolute Gasteiger partial charge is 0.379 e. The Labute approximate surface area is 223 Å². The van der Waals surface area contributed by atoms with Crippen molar-refractivity contribution in [1.82, 2.24) is 4.31 Å². The van der Waals surface area contributed by atoms with E-state index in [9.17, 15) is 31.2 Å². The average Bonchev–Trinajstić information content (AvgIpc) is 2.92. The summed E-state index contributed by atoms with van der Waals surface area (Å²) in [6, 6.07) is 16.3. The van der Waals surface area contributed by atoms with Crippen molar-refractivity contribution in [2.75, 3.05) is 36.9 Å². The number of carbonyl (C=O) groups is 2. The van der Waals surface area contributed by atoms with Crippen LogP contribution in [0.1, 0.15) is 21.5 Å². The van der Waals surface area contributed by atoms with Crippen LogP contribution >= 0.6 is 0 Å². The molecule has 2 amide bonds. The Morgan fingerprint density at radius 2 is 1.51 bits per heavy atom. The summed E-state index contributed by atoms with van der Waals surface area (Å²) in [5.41, 5.74) is 0.122. The zero-order valence-electron chi connectivity index (χ0n) is 20.4. The van der Waals surface area contributed by atoms with Crippen molar-refractivity contribution < 1.29 is 35.9 Å². The number of morpholine rings is 1. The average molecular weight is 560 g/mol. The van der Waals surface area contributed by atoms with Crippen LogP contribution in [0.15, 0.2) is 83.8 Å². The molecule has 0 bridgehead atoms. The van der Waals surface area contributed by atoms with Crippen LogP contribution in [0.3, 0.4) is 0 Å². The van der Waals surface area contributed by atoms with Gasteiger partial charge < -0.3 is 15.4 Å². The van der Waals surface area contributed by atoms with Crippen molar-refractivity contribution >= 4 is 39.3 Å². The third-order valence-corrected chi connectivity index (χ3v) is 7.67. The van der Waals surface area contributed by atoms with Gasteiger partial charge in [0, 0.05) is 36.1 Å². The minimum atomic E-state index is -4.54. The molecule has 3 aromatic carbocycles. The normalized spacial score (nSPS) is 14.7. The zero-order valence-corrected chi connectivity index (χ0v) is 21.3. The number of carbonyl (C=O) groups excluding carboxylic acids is 2. The Balaban J connectivity index is 1.37. The van der Waals surface area contributed by atoms with Gasteiger partial charge in [-0.3, -0.25) is 9.59 Å². The summed E-state index contributed by atoms with van der Waals surface area (Å²) in [7, 11) is -3.62. The Kier molecular flexibility index (Phi) is 8.48. The maximum Gasteiger partial charge on any atom is 0.416 e. The molecule has 1 fully saturated rings. The molecule has 0 atom stereocenters. The lowest BCUT2D eigenvalue weighted by atomic mass is 10.1. The summed E-state index contributed by atoms with van der Waals surface area (Å²) < 4.78 is 70.8. The molecule has 8 nitrogen and oxygen atoms in total. The molecule has 1 aliphatic rings. The van der Waals surface area contributed by atoms with Gasteiger partial charge in [-0.05, 0) is 60.2 Å². The van der Waals surface area contributed by atoms with Crippen molar-refractivity contribution in [3.05, 3.63) is 95.6 Å². The van der Waals surface area contributed by atoms with Crippen LogP contribution < -0.4 is 10.6 Å². The monoisotopic (exact) mass is 559 g/mol. The lowest BCUT2D eigenvalue weighted by molar-refractivity contribution is -0.137. The summed E-state index contributed by atoms with van der Waals surface area (Å²) in [5, 5.41) is 5.03. The predicted octanol–water partition coefficient (Wildman–Crippen LogP) is 4.63. The van der Waals surface area contributed by atoms with Gasteiger partial charge in [0.2, 0.25) is 15.9 Å². The minimum absolute atomic E-state index is 0.0176. The largest absolute Gasteiger partial charge is 0.416 e. The minimum Gasteiger partial charge on any atom is -0.379 e. The third-order valence-electron chi connectivity index (χ3n) is 5.76. The number of benzene rings is 3. The number of anilines is 2. The maximum absolute atomic E-state index is 12.9. The first-order chi connectivity index (χ1) is 18.5. The molecule has 0 aromatic heterocycles. The number of hydrogen-bond donors (Lipinski definition) is 2. The quantitative estimate of drug-likeness (QED) is 0.411. The fraction of sp³-hybridized carbons (Fsp3) is 0.185. The lowest BCUT2D eigenvalue weighted by Crippen LogP contribution is -2.40. The van der Waals surface area contributed by atoms with Gasteiger partial charge in [-0.1, -0.05) is 24.3 Å². The van der Waals surface area contributed by atoms with Crippen molar-refractivity contribution in [2.45, 2.75) is 11.1 Å². The van der Waals surface area contributed by atoms with Crippen LogP contribution in [0.2, 0.25) is 0 Å². The number of nitrogens with one attached hydrogen (secondary N) is 2. The molecule has 0 unspecified atom stereocenters. The Bertz CT molecular complexity index is 1480. The number of halogens is 3. The number of hydrogen-bond acceptors (Lipinski definition) is 5. The second-order valence-electron chi connectivity index (χ2n) is 8.52. The summed E-state index contributed by atoms with van der Waals surface area (Å²) >= 11 is 0. The molecule has 0 radical (unpaired) electrons. The second-order valence-corrected chi connectivity index (χ2v) is 10.5. The van der Waals surface area contributed by atoms with Gasteiger partial charge in [-0.25, -0.2) is 8.42 Å². The Morgan fingerprint density at radius 1 is 0.872 bits per heavy atom. The number of sulfonamides is 1. The van der Waals surface area contributed by atoms with E-state index in [0.717, 1.165) is 12.1 Å². The van der Waals surface area contributed by atoms with Gasteiger partial charge in [-0.2, -0.15) is 17.5 Å². The van der Waals surface area contributed by atoms with Gasteiger partial charge in [-0.15, -0.1) is 0 Å². The van der Waals surface area contributed by atoms with E-state index in [4.69, 9.17) is 4.74 Å². The molecule has 39 heavy (non-hydrogen) atoms. The molecular formula is C27H24F3N3O5S. The zero-order chi connectivity index (χ0) is 28.0. The molecule has 0 spiro atoms. The van der Waals surface area contributed by atoms with Gasteiger partial charge in [0.05, 0.1) is 23.7 Å². The topological polar surface area (TPSA) is 105 Å². The number of rotatable bonds is 7. The highest BCUT2D eigenvalue weighted by atomic mass is 32.2. The second kappa shape index (κ2) is 11.8. The van der Waals surface area contributed by atoms with Crippen molar-refractivity contribution in [3.8, 4) is 0 Å². The van der Waals surface area contributed by atoms with E-state index in [0.29, 0.717) is 24.5 Å². The number of alkyl halides is 3. The van der Waals surface area contributed by atoms with Crippen LogP contribution in [-0.2, 0) is 25.7 Å². The lowest BCUT2D eigenvalue weighted by Gasteiger charge is -2.26. The fourth-order valence-corrected chi connectivity index (χ4v) is 5.17. The van der Waals surface area contributed by atoms with Gasteiger partial charge >= 0.3 is 6.18 Å². The first-order valence-corrected chi connectivity index (χ1v) is 13.2. The predicted molar refractivity (Wildman–Crippen MR) is 140 cm³/mol. The highest BCUT2D eigenvalue weighted by molar-refractivity contribution is 7.89. The maximum atomic E-state index is 12.9. The molecule has 4 rings (SSSR count).